The highest BCUT2D eigenvalue weighted by Gasteiger charge is 2.32. The Labute approximate surface area is 161 Å². The molecule has 6 heteroatoms. The fourth-order valence-corrected chi connectivity index (χ4v) is 3.53. The Morgan fingerprint density at radius 2 is 1.93 bits per heavy atom. The van der Waals surface area contributed by atoms with Crippen LogP contribution in [0.15, 0.2) is 83.4 Å². The maximum atomic E-state index is 12.8. The predicted octanol–water partition coefficient (Wildman–Crippen LogP) is 2.09. The average molecular weight is 374 g/mol. The standard InChI is InChI=1S/C21H18N4OS/c1-2-14-27-21-23-20(26)19-16-10-6-7-11-17(16)22-18(25(19)24-21)13-12-15-8-4-3-5-9-15/h2-13,18H,1,14H2,(H,23,24,26)/b13-12+/t18-/m1/s1. The van der Waals surface area contributed by atoms with Gasteiger partial charge in [0.15, 0.2) is 11.3 Å². The van der Waals surface area contributed by atoms with Gasteiger partial charge in [-0.15, -0.1) is 11.7 Å². The van der Waals surface area contributed by atoms with E-state index in [9.17, 15) is 4.79 Å². The van der Waals surface area contributed by atoms with Gasteiger partial charge in [-0.25, -0.2) is 5.01 Å². The number of carbonyl (C=O) groups excluding carboxylic acids is 1. The third kappa shape index (κ3) is 3.57. The number of rotatable bonds is 4. The number of benzene rings is 2. The van der Waals surface area contributed by atoms with E-state index in [1.807, 2.05) is 66.7 Å². The number of amidine groups is 1. The van der Waals surface area contributed by atoms with Gasteiger partial charge in [0.1, 0.15) is 5.70 Å². The summed E-state index contributed by atoms with van der Waals surface area (Å²) in [5.41, 5.74) is 1.59. The first kappa shape index (κ1) is 17.3. The van der Waals surface area contributed by atoms with E-state index in [2.05, 4.69) is 17.0 Å². The van der Waals surface area contributed by atoms with Crippen molar-refractivity contribution in [3.8, 4) is 0 Å². The van der Waals surface area contributed by atoms with Gasteiger partial charge in [0.25, 0.3) is 5.91 Å². The van der Waals surface area contributed by atoms with E-state index in [4.69, 9.17) is 4.99 Å². The highest BCUT2D eigenvalue weighted by atomic mass is 32.2. The zero-order valence-electron chi connectivity index (χ0n) is 14.6. The van der Waals surface area contributed by atoms with Gasteiger partial charge in [-0.3, -0.25) is 15.1 Å². The van der Waals surface area contributed by atoms with Crippen LogP contribution in [0, 0.1) is 0 Å². The van der Waals surface area contributed by atoms with E-state index in [0.29, 0.717) is 16.6 Å². The van der Waals surface area contributed by atoms with Crippen LogP contribution in [0.25, 0.3) is 11.8 Å². The SMILES string of the molecule is C=CCSC1=NN2C(=c3ccccc3=N[C@H]2/C=C/c2ccccc2)C(=O)N1. The molecule has 0 aliphatic carbocycles. The molecule has 2 heterocycles. The van der Waals surface area contributed by atoms with Gasteiger partial charge in [0.2, 0.25) is 0 Å². The van der Waals surface area contributed by atoms with Crippen molar-refractivity contribution >= 4 is 34.6 Å². The second-order valence-electron chi connectivity index (χ2n) is 5.98. The largest absolute Gasteiger partial charge is 0.298 e. The van der Waals surface area contributed by atoms with Crippen molar-refractivity contribution in [2.45, 2.75) is 6.17 Å². The quantitative estimate of drug-likeness (QED) is 0.834. The molecular weight excluding hydrogens is 356 g/mol. The number of hydrazone groups is 1. The Hall–Kier alpha value is -3.12. The molecule has 0 spiro atoms. The van der Waals surface area contributed by atoms with Gasteiger partial charge in [-0.05, 0) is 17.7 Å². The van der Waals surface area contributed by atoms with Crippen LogP contribution in [0.3, 0.4) is 0 Å². The summed E-state index contributed by atoms with van der Waals surface area (Å²) in [6.45, 7) is 3.72. The van der Waals surface area contributed by atoms with Crippen LogP contribution in [-0.2, 0) is 4.79 Å². The van der Waals surface area contributed by atoms with E-state index in [-0.39, 0.29) is 12.1 Å². The summed E-state index contributed by atoms with van der Waals surface area (Å²) in [4.78, 5) is 17.6. The molecule has 27 heavy (non-hydrogen) atoms. The molecule has 1 amide bonds. The third-order valence-corrected chi connectivity index (χ3v) is 5.00. The Bertz CT molecular complexity index is 1060. The normalized spacial score (nSPS) is 18.3. The molecule has 2 aromatic rings. The first-order valence-electron chi connectivity index (χ1n) is 8.59. The number of para-hydroxylation sites is 1. The second kappa shape index (κ2) is 7.63. The molecule has 2 aromatic carbocycles. The molecule has 134 valence electrons. The van der Waals surface area contributed by atoms with Crippen LogP contribution in [0.4, 0.5) is 0 Å². The molecule has 0 unspecified atom stereocenters. The maximum Gasteiger partial charge on any atom is 0.276 e. The highest BCUT2D eigenvalue weighted by molar-refractivity contribution is 8.14. The summed E-state index contributed by atoms with van der Waals surface area (Å²) >= 11 is 1.43. The van der Waals surface area contributed by atoms with Gasteiger partial charge >= 0.3 is 0 Å². The number of fused-ring (bicyclic) bond motifs is 2. The maximum absolute atomic E-state index is 12.8. The van der Waals surface area contributed by atoms with Crippen molar-refractivity contribution in [1.29, 1.82) is 0 Å². The molecule has 2 aliphatic heterocycles. The van der Waals surface area contributed by atoms with Gasteiger partial charge in [-0.1, -0.05) is 72.4 Å². The predicted molar refractivity (Wildman–Crippen MR) is 110 cm³/mol. The fourth-order valence-electron chi connectivity index (χ4n) is 2.94. The minimum absolute atomic E-state index is 0.169. The minimum atomic E-state index is -0.388. The topological polar surface area (TPSA) is 57.1 Å². The lowest BCUT2D eigenvalue weighted by molar-refractivity contribution is -0.116. The molecule has 1 N–H and O–H groups in total. The first-order valence-corrected chi connectivity index (χ1v) is 9.58. The number of hydrogen-bond donors (Lipinski definition) is 1. The van der Waals surface area contributed by atoms with Crippen molar-refractivity contribution < 1.29 is 4.79 Å². The summed E-state index contributed by atoms with van der Waals surface area (Å²) in [7, 11) is 0. The zero-order valence-corrected chi connectivity index (χ0v) is 15.4. The third-order valence-electron chi connectivity index (χ3n) is 4.14. The Kier molecular flexibility index (Phi) is 4.89. The van der Waals surface area contributed by atoms with Crippen LogP contribution in [0.5, 0.6) is 0 Å². The number of carbonyl (C=O) groups is 1. The average Bonchev–Trinajstić information content (AvgIpc) is 2.71. The fraction of sp³-hybridized carbons (Fsp3) is 0.0952. The van der Waals surface area contributed by atoms with E-state index in [0.717, 1.165) is 16.1 Å². The molecule has 0 saturated carbocycles. The van der Waals surface area contributed by atoms with Crippen molar-refractivity contribution in [2.75, 3.05) is 5.75 Å². The number of thioether (sulfide) groups is 1. The monoisotopic (exact) mass is 374 g/mol. The van der Waals surface area contributed by atoms with E-state index in [1.54, 1.807) is 11.1 Å². The first-order chi connectivity index (χ1) is 13.3. The van der Waals surface area contributed by atoms with Crippen molar-refractivity contribution in [2.24, 2.45) is 10.1 Å². The summed E-state index contributed by atoms with van der Waals surface area (Å²) in [5, 5.41) is 11.3. The van der Waals surface area contributed by atoms with E-state index in [1.165, 1.54) is 11.8 Å². The van der Waals surface area contributed by atoms with Gasteiger partial charge < -0.3 is 0 Å². The van der Waals surface area contributed by atoms with Crippen LogP contribution in [0.1, 0.15) is 5.56 Å². The lowest BCUT2D eigenvalue weighted by Crippen LogP contribution is -2.52. The van der Waals surface area contributed by atoms with Crippen molar-refractivity contribution in [3.05, 3.63) is 89.5 Å². The Morgan fingerprint density at radius 3 is 2.74 bits per heavy atom. The smallest absolute Gasteiger partial charge is 0.276 e. The molecule has 2 aliphatic rings. The van der Waals surface area contributed by atoms with E-state index >= 15 is 0 Å². The molecular formula is C21H18N4OS. The minimum Gasteiger partial charge on any atom is -0.298 e. The summed E-state index contributed by atoms with van der Waals surface area (Å²) in [6, 6.07) is 17.6. The summed E-state index contributed by atoms with van der Waals surface area (Å²) in [5.74, 6) is 0.498. The molecule has 5 nitrogen and oxygen atoms in total. The molecule has 0 fully saturated rings. The molecule has 0 aromatic heterocycles. The number of amides is 1. The molecule has 4 rings (SSSR count). The van der Waals surface area contributed by atoms with Crippen LogP contribution in [0.2, 0.25) is 0 Å². The second-order valence-corrected chi connectivity index (χ2v) is 6.99. The zero-order chi connectivity index (χ0) is 18.6. The summed E-state index contributed by atoms with van der Waals surface area (Å²) in [6.07, 6.45) is 5.35. The van der Waals surface area contributed by atoms with Gasteiger partial charge in [0, 0.05) is 11.0 Å². The number of hydrogen-bond acceptors (Lipinski definition) is 5. The van der Waals surface area contributed by atoms with Crippen LogP contribution < -0.4 is 15.9 Å². The number of nitrogens with one attached hydrogen (secondary N) is 1. The molecule has 0 radical (unpaired) electrons. The van der Waals surface area contributed by atoms with Crippen molar-refractivity contribution in [3.63, 3.8) is 0 Å². The molecule has 0 saturated heterocycles. The lowest BCUT2D eigenvalue weighted by atomic mass is 10.1. The summed E-state index contributed by atoms with van der Waals surface area (Å²) < 4.78 is 0. The Morgan fingerprint density at radius 1 is 1.15 bits per heavy atom. The molecule has 0 bridgehead atoms. The van der Waals surface area contributed by atoms with Gasteiger partial charge in [-0.2, -0.15) is 0 Å². The molecule has 1 atom stereocenters. The van der Waals surface area contributed by atoms with Crippen molar-refractivity contribution in [1.82, 2.24) is 10.3 Å². The van der Waals surface area contributed by atoms with E-state index < -0.39 is 0 Å². The number of nitrogens with zero attached hydrogens (tertiary/aromatic N) is 3. The highest BCUT2D eigenvalue weighted by Crippen LogP contribution is 2.21. The lowest BCUT2D eigenvalue weighted by Gasteiger charge is -2.32. The van der Waals surface area contributed by atoms with Crippen LogP contribution >= 0.6 is 11.8 Å². The Balaban J connectivity index is 1.79. The van der Waals surface area contributed by atoms with Crippen LogP contribution in [-0.4, -0.2) is 28.0 Å². The van der Waals surface area contributed by atoms with Gasteiger partial charge in [0.05, 0.1) is 5.36 Å².